The van der Waals surface area contributed by atoms with Crippen molar-refractivity contribution in [2.75, 3.05) is 5.73 Å². The van der Waals surface area contributed by atoms with Crippen molar-refractivity contribution < 1.29 is 8.78 Å². The Morgan fingerprint density at radius 1 is 1.62 bits per heavy atom. The number of nitrogens with zero attached hydrogens (tertiary/aromatic N) is 1. The molecule has 0 unspecified atom stereocenters. The predicted molar refractivity (Wildman–Crippen MR) is 50.9 cm³/mol. The second kappa shape index (κ2) is 4.19. The van der Waals surface area contributed by atoms with Gasteiger partial charge >= 0.3 is 0 Å². The van der Waals surface area contributed by atoms with Crippen LogP contribution in [0.25, 0.3) is 0 Å². The van der Waals surface area contributed by atoms with Crippen molar-refractivity contribution in [2.45, 2.75) is 12.3 Å². The van der Waals surface area contributed by atoms with E-state index in [1.54, 1.807) is 0 Å². The predicted octanol–water partition coefficient (Wildman–Crippen LogP) is 3.10. The molecule has 0 aliphatic carbocycles. The lowest BCUT2D eigenvalue weighted by atomic mass is 10.2. The van der Waals surface area contributed by atoms with Gasteiger partial charge in [0.2, 0.25) is 0 Å². The Morgan fingerprint density at radius 3 is 2.69 bits per heavy atom. The molecule has 0 atom stereocenters. The van der Waals surface area contributed by atoms with Crippen LogP contribution in [0.5, 0.6) is 0 Å². The molecule has 0 aliphatic rings. The first-order chi connectivity index (χ1) is 6.06. The molecule has 0 saturated carbocycles. The lowest BCUT2D eigenvalue weighted by Gasteiger charge is -2.06. The lowest BCUT2D eigenvalue weighted by Crippen LogP contribution is -2.00. The van der Waals surface area contributed by atoms with E-state index in [1.807, 2.05) is 0 Å². The van der Waals surface area contributed by atoms with Crippen molar-refractivity contribution in [3.63, 3.8) is 0 Å². The SMILES string of the molecule is Nc1nc(C(F)F)cc(CCl)c1Br. The zero-order chi connectivity index (χ0) is 10.0. The van der Waals surface area contributed by atoms with Crippen LogP contribution in [0.2, 0.25) is 0 Å². The van der Waals surface area contributed by atoms with Gasteiger partial charge in [-0.05, 0) is 27.6 Å². The molecule has 0 aromatic carbocycles. The number of nitrogen functional groups attached to an aromatic ring is 1. The minimum Gasteiger partial charge on any atom is -0.383 e. The van der Waals surface area contributed by atoms with Crippen molar-refractivity contribution in [3.05, 3.63) is 21.8 Å². The molecule has 2 N–H and O–H groups in total. The molecule has 0 radical (unpaired) electrons. The maximum absolute atomic E-state index is 12.2. The Kier molecular flexibility index (Phi) is 3.44. The summed E-state index contributed by atoms with van der Waals surface area (Å²) in [5.74, 6) is 0.154. The summed E-state index contributed by atoms with van der Waals surface area (Å²) in [5, 5.41) is 0. The van der Waals surface area contributed by atoms with Crippen molar-refractivity contribution in [3.8, 4) is 0 Å². The number of alkyl halides is 3. The van der Waals surface area contributed by atoms with Crippen LogP contribution in [0.15, 0.2) is 10.5 Å². The largest absolute Gasteiger partial charge is 0.383 e. The third-order valence-corrected chi connectivity index (χ3v) is 2.65. The van der Waals surface area contributed by atoms with E-state index in [4.69, 9.17) is 17.3 Å². The number of nitrogens with two attached hydrogens (primary N) is 1. The summed E-state index contributed by atoms with van der Waals surface area (Å²) < 4.78 is 24.9. The van der Waals surface area contributed by atoms with Crippen LogP contribution >= 0.6 is 27.5 Å². The molecule has 6 heteroatoms. The van der Waals surface area contributed by atoms with Gasteiger partial charge in [-0.25, -0.2) is 13.8 Å². The number of anilines is 1. The molecule has 1 aromatic heterocycles. The van der Waals surface area contributed by atoms with Crippen LogP contribution in [0, 0.1) is 0 Å². The molecule has 72 valence electrons. The molecule has 2 nitrogen and oxygen atoms in total. The fourth-order valence-corrected chi connectivity index (χ4v) is 1.55. The van der Waals surface area contributed by atoms with Gasteiger partial charge in [-0.2, -0.15) is 0 Å². The zero-order valence-corrected chi connectivity index (χ0v) is 8.74. The molecule has 0 saturated heterocycles. The van der Waals surface area contributed by atoms with E-state index in [9.17, 15) is 8.78 Å². The van der Waals surface area contributed by atoms with E-state index in [0.717, 1.165) is 0 Å². The molecule has 1 heterocycles. The van der Waals surface area contributed by atoms with E-state index < -0.39 is 6.43 Å². The van der Waals surface area contributed by atoms with E-state index in [2.05, 4.69) is 20.9 Å². The van der Waals surface area contributed by atoms with Crippen molar-refractivity contribution in [2.24, 2.45) is 0 Å². The van der Waals surface area contributed by atoms with Crippen LogP contribution in [-0.4, -0.2) is 4.98 Å². The summed E-state index contributed by atoms with van der Waals surface area (Å²) in [6, 6.07) is 1.23. The smallest absolute Gasteiger partial charge is 0.280 e. The van der Waals surface area contributed by atoms with Gasteiger partial charge in [-0.1, -0.05) is 0 Å². The van der Waals surface area contributed by atoms with E-state index in [-0.39, 0.29) is 17.4 Å². The number of halogens is 4. The number of hydrogen-bond donors (Lipinski definition) is 1. The summed E-state index contributed by atoms with van der Waals surface area (Å²) in [6.07, 6.45) is -2.63. The summed E-state index contributed by atoms with van der Waals surface area (Å²) >= 11 is 8.63. The van der Waals surface area contributed by atoms with Gasteiger partial charge in [-0.15, -0.1) is 11.6 Å². The maximum atomic E-state index is 12.2. The van der Waals surface area contributed by atoms with Gasteiger partial charge in [0.1, 0.15) is 11.5 Å². The highest BCUT2D eigenvalue weighted by atomic mass is 79.9. The topological polar surface area (TPSA) is 38.9 Å². The van der Waals surface area contributed by atoms with Crippen LogP contribution in [0.3, 0.4) is 0 Å². The number of pyridine rings is 1. The number of hydrogen-bond acceptors (Lipinski definition) is 2. The summed E-state index contributed by atoms with van der Waals surface area (Å²) in [7, 11) is 0. The Morgan fingerprint density at radius 2 is 2.23 bits per heavy atom. The van der Waals surface area contributed by atoms with Crippen molar-refractivity contribution >= 4 is 33.3 Å². The van der Waals surface area contributed by atoms with Crippen LogP contribution < -0.4 is 5.73 Å². The number of rotatable bonds is 2. The average molecular weight is 271 g/mol. The Hall–Kier alpha value is -0.420. The minimum atomic E-state index is -2.63. The molecule has 0 fully saturated rings. The second-order valence-corrected chi connectivity index (χ2v) is 3.40. The third kappa shape index (κ3) is 2.28. The van der Waals surface area contributed by atoms with E-state index in [1.165, 1.54) is 6.07 Å². The van der Waals surface area contributed by atoms with Gasteiger partial charge in [-0.3, -0.25) is 0 Å². The lowest BCUT2D eigenvalue weighted by molar-refractivity contribution is 0.146. The first kappa shape index (κ1) is 10.7. The normalized spacial score (nSPS) is 10.8. The molecular weight excluding hydrogens is 265 g/mol. The molecule has 13 heavy (non-hydrogen) atoms. The van der Waals surface area contributed by atoms with Crippen LogP contribution in [0.1, 0.15) is 17.7 Å². The molecule has 0 amide bonds. The molecule has 1 aromatic rings. The average Bonchev–Trinajstić information content (AvgIpc) is 2.09. The Labute approximate surface area is 87.2 Å². The molecule has 0 spiro atoms. The summed E-state index contributed by atoms with van der Waals surface area (Å²) in [6.45, 7) is 0. The highest BCUT2D eigenvalue weighted by Gasteiger charge is 2.13. The Bertz CT molecular complexity index is 320. The third-order valence-electron chi connectivity index (χ3n) is 1.45. The quantitative estimate of drug-likeness (QED) is 0.840. The first-order valence-electron chi connectivity index (χ1n) is 3.35. The molecule has 0 aliphatic heterocycles. The Balaban J connectivity index is 3.22. The first-order valence-corrected chi connectivity index (χ1v) is 4.68. The summed E-state index contributed by atoms with van der Waals surface area (Å²) in [4.78, 5) is 3.50. The second-order valence-electron chi connectivity index (χ2n) is 2.34. The maximum Gasteiger partial charge on any atom is 0.280 e. The fraction of sp³-hybridized carbons (Fsp3) is 0.286. The molecular formula is C7H6BrClF2N2. The van der Waals surface area contributed by atoms with E-state index in [0.29, 0.717) is 10.0 Å². The van der Waals surface area contributed by atoms with Crippen LogP contribution in [-0.2, 0) is 5.88 Å². The van der Waals surface area contributed by atoms with Gasteiger partial charge in [0.05, 0.1) is 4.47 Å². The molecule has 0 bridgehead atoms. The van der Waals surface area contributed by atoms with Crippen molar-refractivity contribution in [1.82, 2.24) is 4.98 Å². The fourth-order valence-electron chi connectivity index (χ4n) is 0.836. The van der Waals surface area contributed by atoms with Crippen molar-refractivity contribution in [1.29, 1.82) is 0 Å². The zero-order valence-electron chi connectivity index (χ0n) is 6.40. The van der Waals surface area contributed by atoms with Gasteiger partial charge in [0.15, 0.2) is 0 Å². The number of aromatic nitrogens is 1. The van der Waals surface area contributed by atoms with E-state index >= 15 is 0 Å². The minimum absolute atomic E-state index is 0.0356. The highest BCUT2D eigenvalue weighted by Crippen LogP contribution is 2.28. The van der Waals surface area contributed by atoms with Gasteiger partial charge in [0.25, 0.3) is 6.43 Å². The van der Waals surface area contributed by atoms with Crippen LogP contribution in [0.4, 0.5) is 14.6 Å². The monoisotopic (exact) mass is 270 g/mol. The summed E-state index contributed by atoms with van der Waals surface area (Å²) in [5.41, 5.74) is 5.55. The standard InChI is InChI=1S/C7H6BrClF2N2/c8-5-3(2-9)1-4(6(10)11)13-7(5)12/h1,6H,2H2,(H2,12,13). The highest BCUT2D eigenvalue weighted by molar-refractivity contribution is 9.10. The van der Waals surface area contributed by atoms with Gasteiger partial charge < -0.3 is 5.73 Å². The molecule has 1 rings (SSSR count). The van der Waals surface area contributed by atoms with Gasteiger partial charge in [0, 0.05) is 5.88 Å².